The number of rotatable bonds is 3. The van der Waals surface area contributed by atoms with Gasteiger partial charge in [0.05, 0.1) is 12.7 Å². The Morgan fingerprint density at radius 3 is 2.63 bits per heavy atom. The number of carboxylic acids is 1. The van der Waals surface area contributed by atoms with Crippen LogP contribution in [0.1, 0.15) is 21.6 Å². The molecule has 6 heteroatoms. The number of hydrogen-bond acceptors (Lipinski definition) is 4. The summed E-state index contributed by atoms with van der Waals surface area (Å²) in [6, 6.07) is 3.82. The van der Waals surface area contributed by atoms with Crippen LogP contribution in [0, 0.1) is 13.8 Å². The van der Waals surface area contributed by atoms with Gasteiger partial charge in [-0.05, 0) is 47.0 Å². The van der Waals surface area contributed by atoms with Crippen LogP contribution in [0.25, 0.3) is 11.3 Å². The molecule has 1 aromatic heterocycles. The molecule has 0 unspecified atom stereocenters. The molecule has 100 valence electrons. The Morgan fingerprint density at radius 1 is 1.42 bits per heavy atom. The van der Waals surface area contributed by atoms with Gasteiger partial charge < -0.3 is 14.4 Å². The number of halogens is 1. The van der Waals surface area contributed by atoms with Crippen LogP contribution in [-0.2, 0) is 0 Å². The van der Waals surface area contributed by atoms with Crippen molar-refractivity contribution in [1.82, 2.24) is 5.16 Å². The average molecular weight is 326 g/mol. The molecule has 2 aromatic rings. The van der Waals surface area contributed by atoms with Crippen molar-refractivity contribution in [3.05, 3.63) is 33.4 Å². The molecular weight excluding hydrogens is 314 g/mol. The van der Waals surface area contributed by atoms with Crippen LogP contribution in [0.4, 0.5) is 0 Å². The van der Waals surface area contributed by atoms with E-state index in [0.717, 1.165) is 11.1 Å². The predicted molar refractivity (Wildman–Crippen MR) is 72.6 cm³/mol. The molecule has 1 aromatic carbocycles. The molecule has 0 aliphatic heterocycles. The summed E-state index contributed by atoms with van der Waals surface area (Å²) in [5, 5.41) is 12.5. The molecule has 1 N–H and O–H groups in total. The lowest BCUT2D eigenvalue weighted by Crippen LogP contribution is -1.97. The van der Waals surface area contributed by atoms with Gasteiger partial charge >= 0.3 is 5.97 Å². The van der Waals surface area contributed by atoms with Crippen molar-refractivity contribution in [3.63, 3.8) is 0 Å². The van der Waals surface area contributed by atoms with Crippen LogP contribution in [-0.4, -0.2) is 23.3 Å². The van der Waals surface area contributed by atoms with Gasteiger partial charge in [0.25, 0.3) is 0 Å². The van der Waals surface area contributed by atoms with Crippen molar-refractivity contribution in [1.29, 1.82) is 0 Å². The van der Waals surface area contributed by atoms with Crippen LogP contribution in [0.5, 0.6) is 5.75 Å². The third-order valence-electron chi connectivity index (χ3n) is 2.73. The Labute approximate surface area is 118 Å². The molecule has 0 saturated heterocycles. The monoisotopic (exact) mass is 325 g/mol. The molecule has 0 aliphatic rings. The minimum absolute atomic E-state index is 0.156. The van der Waals surface area contributed by atoms with Crippen molar-refractivity contribution in [2.24, 2.45) is 0 Å². The fraction of sp³-hybridized carbons (Fsp3) is 0.231. The van der Waals surface area contributed by atoms with Crippen LogP contribution in [0.3, 0.4) is 0 Å². The Bertz CT molecular complexity index is 648. The number of methoxy groups -OCH3 is 1. The summed E-state index contributed by atoms with van der Waals surface area (Å²) in [5.41, 5.74) is 2.51. The van der Waals surface area contributed by atoms with Gasteiger partial charge in [0, 0.05) is 0 Å². The third kappa shape index (κ3) is 2.35. The summed E-state index contributed by atoms with van der Waals surface area (Å²) in [5.74, 6) is -0.177. The summed E-state index contributed by atoms with van der Waals surface area (Å²) >= 11 is 3.21. The van der Waals surface area contributed by atoms with E-state index in [1.807, 2.05) is 26.0 Å². The summed E-state index contributed by atoms with van der Waals surface area (Å²) in [6.45, 7) is 3.86. The second kappa shape index (κ2) is 5.05. The number of aryl methyl sites for hydroxylation is 2. The minimum atomic E-state index is -1.15. The van der Waals surface area contributed by atoms with Gasteiger partial charge in [-0.2, -0.15) is 0 Å². The van der Waals surface area contributed by atoms with Gasteiger partial charge in [-0.3, -0.25) is 0 Å². The number of aromatic nitrogens is 1. The molecule has 0 amide bonds. The van der Waals surface area contributed by atoms with E-state index in [2.05, 4.69) is 21.1 Å². The normalized spacial score (nSPS) is 10.5. The Hall–Kier alpha value is -1.82. The SMILES string of the molecule is COc1cc(C)cc(C)c1-c1onc(C(=O)O)c1Br. The van der Waals surface area contributed by atoms with Crippen LogP contribution in [0.15, 0.2) is 21.1 Å². The average Bonchev–Trinajstić information content (AvgIpc) is 2.70. The van der Waals surface area contributed by atoms with E-state index in [1.54, 1.807) is 7.11 Å². The molecule has 0 atom stereocenters. The van der Waals surface area contributed by atoms with E-state index in [4.69, 9.17) is 14.4 Å². The quantitative estimate of drug-likeness (QED) is 0.935. The first-order valence-electron chi connectivity index (χ1n) is 5.49. The lowest BCUT2D eigenvalue weighted by atomic mass is 10.0. The number of carboxylic acid groups (broad SMARTS) is 1. The third-order valence-corrected chi connectivity index (χ3v) is 3.46. The molecule has 0 bridgehead atoms. The van der Waals surface area contributed by atoms with Crippen LogP contribution >= 0.6 is 15.9 Å². The first-order valence-corrected chi connectivity index (χ1v) is 6.29. The zero-order valence-electron chi connectivity index (χ0n) is 10.7. The summed E-state index contributed by atoms with van der Waals surface area (Å²) < 4.78 is 10.8. The smallest absolute Gasteiger partial charge is 0.359 e. The van der Waals surface area contributed by atoms with Gasteiger partial charge in [0.2, 0.25) is 5.69 Å². The number of carbonyl (C=O) groups is 1. The molecule has 5 nitrogen and oxygen atoms in total. The summed E-state index contributed by atoms with van der Waals surface area (Å²) in [6.07, 6.45) is 0. The summed E-state index contributed by atoms with van der Waals surface area (Å²) in [7, 11) is 1.56. The number of hydrogen-bond donors (Lipinski definition) is 1. The zero-order chi connectivity index (χ0) is 14.2. The maximum atomic E-state index is 11.0. The molecule has 19 heavy (non-hydrogen) atoms. The number of benzene rings is 1. The highest BCUT2D eigenvalue weighted by Gasteiger charge is 2.24. The fourth-order valence-corrected chi connectivity index (χ4v) is 2.46. The number of ether oxygens (including phenoxy) is 1. The Kier molecular flexibility index (Phi) is 3.61. The van der Waals surface area contributed by atoms with Gasteiger partial charge in [-0.15, -0.1) is 0 Å². The molecule has 0 fully saturated rings. The maximum Gasteiger partial charge on any atom is 0.359 e. The van der Waals surface area contributed by atoms with Gasteiger partial charge in [-0.1, -0.05) is 11.2 Å². The van der Waals surface area contributed by atoms with Crippen molar-refractivity contribution in [3.8, 4) is 17.1 Å². The molecule has 2 rings (SSSR count). The topological polar surface area (TPSA) is 72.6 Å². The fourth-order valence-electron chi connectivity index (χ4n) is 1.95. The Morgan fingerprint density at radius 2 is 2.11 bits per heavy atom. The van der Waals surface area contributed by atoms with Crippen LogP contribution in [0.2, 0.25) is 0 Å². The Balaban J connectivity index is 2.69. The van der Waals surface area contributed by atoms with E-state index in [1.165, 1.54) is 0 Å². The number of nitrogens with zero attached hydrogens (tertiary/aromatic N) is 1. The van der Waals surface area contributed by atoms with E-state index >= 15 is 0 Å². The highest BCUT2D eigenvalue weighted by atomic mass is 79.9. The van der Waals surface area contributed by atoms with Gasteiger partial charge in [0.15, 0.2) is 5.76 Å². The highest BCUT2D eigenvalue weighted by Crippen LogP contribution is 2.39. The van der Waals surface area contributed by atoms with E-state index in [0.29, 0.717) is 21.5 Å². The lowest BCUT2D eigenvalue weighted by Gasteiger charge is -2.10. The molecule has 1 heterocycles. The van der Waals surface area contributed by atoms with Gasteiger partial charge in [-0.25, -0.2) is 4.79 Å². The molecule has 0 aliphatic carbocycles. The second-order valence-electron chi connectivity index (χ2n) is 4.14. The van der Waals surface area contributed by atoms with E-state index < -0.39 is 5.97 Å². The lowest BCUT2D eigenvalue weighted by molar-refractivity contribution is 0.0685. The van der Waals surface area contributed by atoms with Crippen molar-refractivity contribution >= 4 is 21.9 Å². The molecule has 0 spiro atoms. The second-order valence-corrected chi connectivity index (χ2v) is 4.93. The van der Waals surface area contributed by atoms with Crippen molar-refractivity contribution in [2.45, 2.75) is 13.8 Å². The van der Waals surface area contributed by atoms with Gasteiger partial charge in [0.1, 0.15) is 10.2 Å². The number of aromatic carboxylic acids is 1. The largest absolute Gasteiger partial charge is 0.496 e. The van der Waals surface area contributed by atoms with E-state index in [9.17, 15) is 4.79 Å². The van der Waals surface area contributed by atoms with Crippen molar-refractivity contribution < 1.29 is 19.2 Å². The van der Waals surface area contributed by atoms with Crippen molar-refractivity contribution in [2.75, 3.05) is 7.11 Å². The molecule has 0 saturated carbocycles. The first-order chi connectivity index (χ1) is 8.95. The molecule has 0 radical (unpaired) electrons. The highest BCUT2D eigenvalue weighted by molar-refractivity contribution is 9.10. The molecular formula is C13H12BrNO4. The maximum absolute atomic E-state index is 11.0. The van der Waals surface area contributed by atoms with E-state index in [-0.39, 0.29) is 5.69 Å². The first kappa shape index (κ1) is 13.6. The summed E-state index contributed by atoms with van der Waals surface area (Å²) in [4.78, 5) is 11.0. The standard InChI is InChI=1S/C13H12BrNO4/c1-6-4-7(2)9(8(5-6)18-3)12-10(14)11(13(16)17)15-19-12/h4-5H,1-3H3,(H,16,17). The van der Waals surface area contributed by atoms with Crippen LogP contribution < -0.4 is 4.74 Å². The zero-order valence-corrected chi connectivity index (χ0v) is 12.2. The minimum Gasteiger partial charge on any atom is -0.496 e. The predicted octanol–water partition coefficient (Wildman–Crippen LogP) is 3.43.